The lowest BCUT2D eigenvalue weighted by Crippen LogP contribution is -2.49. The molecule has 2 N–H and O–H groups in total. The lowest BCUT2D eigenvalue weighted by molar-refractivity contribution is -0.139. The molecule has 2 fully saturated rings. The zero-order valence-electron chi connectivity index (χ0n) is 19.6. The normalized spacial score (nSPS) is 19.0. The summed E-state index contributed by atoms with van der Waals surface area (Å²) in [5.41, 5.74) is 6.79. The standard InChI is InChI=1S/C26H30N6O3/c27-23(33)19-10-15-30(16-11-19)25(34)20-7-6-14-31(18-20)26(35)22-17-28-32(21-8-2-1-3-9-21)24(22)29-12-4-5-13-29/h1-5,8-9,12-13,17,19-20H,6-7,10-11,14-16,18H2,(H2,27,33)/t20-/m0/s1. The number of piperidine rings is 2. The molecule has 3 aromatic rings. The van der Waals surface area contributed by atoms with Crippen molar-refractivity contribution in [3.63, 3.8) is 0 Å². The molecule has 2 aliphatic rings. The van der Waals surface area contributed by atoms with Gasteiger partial charge >= 0.3 is 0 Å². The highest BCUT2D eigenvalue weighted by atomic mass is 16.2. The largest absolute Gasteiger partial charge is 0.369 e. The fraction of sp³-hybridized carbons (Fsp3) is 0.385. The monoisotopic (exact) mass is 474 g/mol. The van der Waals surface area contributed by atoms with Crippen molar-refractivity contribution in [2.75, 3.05) is 26.2 Å². The second-order valence-corrected chi connectivity index (χ2v) is 9.31. The molecule has 0 bridgehead atoms. The highest BCUT2D eigenvalue weighted by molar-refractivity contribution is 5.97. The van der Waals surface area contributed by atoms with Crippen molar-refractivity contribution in [1.29, 1.82) is 0 Å². The van der Waals surface area contributed by atoms with E-state index < -0.39 is 0 Å². The Hall–Kier alpha value is -3.88. The summed E-state index contributed by atoms with van der Waals surface area (Å²) in [5, 5.41) is 4.54. The third-order valence-corrected chi connectivity index (χ3v) is 7.09. The minimum atomic E-state index is -0.291. The Labute approximate surface area is 204 Å². The van der Waals surface area contributed by atoms with E-state index in [4.69, 9.17) is 5.73 Å². The molecule has 3 amide bonds. The number of carbonyl (C=O) groups is 3. The van der Waals surface area contributed by atoms with Crippen molar-refractivity contribution >= 4 is 17.7 Å². The van der Waals surface area contributed by atoms with Gasteiger partial charge in [-0.05, 0) is 49.9 Å². The minimum Gasteiger partial charge on any atom is -0.369 e. The summed E-state index contributed by atoms with van der Waals surface area (Å²) in [7, 11) is 0. The van der Waals surface area contributed by atoms with Crippen molar-refractivity contribution < 1.29 is 14.4 Å². The van der Waals surface area contributed by atoms with E-state index in [-0.39, 0.29) is 29.6 Å². The first-order valence-corrected chi connectivity index (χ1v) is 12.2. The lowest BCUT2D eigenvalue weighted by atomic mass is 9.92. The Morgan fingerprint density at radius 2 is 1.57 bits per heavy atom. The maximum Gasteiger partial charge on any atom is 0.259 e. The summed E-state index contributed by atoms with van der Waals surface area (Å²) < 4.78 is 3.66. The van der Waals surface area contributed by atoms with Gasteiger partial charge in [-0.2, -0.15) is 5.10 Å². The number of likely N-dealkylation sites (tertiary alicyclic amines) is 2. The van der Waals surface area contributed by atoms with Gasteiger partial charge in [-0.3, -0.25) is 14.4 Å². The van der Waals surface area contributed by atoms with Gasteiger partial charge in [-0.1, -0.05) is 18.2 Å². The average molecular weight is 475 g/mol. The molecule has 0 unspecified atom stereocenters. The molecule has 9 nitrogen and oxygen atoms in total. The van der Waals surface area contributed by atoms with E-state index in [1.165, 1.54) is 0 Å². The smallest absolute Gasteiger partial charge is 0.259 e. The van der Waals surface area contributed by atoms with Gasteiger partial charge < -0.3 is 20.1 Å². The van der Waals surface area contributed by atoms with Crippen LogP contribution in [0.5, 0.6) is 0 Å². The number of amides is 3. The number of hydrogen-bond donors (Lipinski definition) is 1. The first-order chi connectivity index (χ1) is 17.0. The lowest BCUT2D eigenvalue weighted by Gasteiger charge is -2.37. The molecule has 2 aliphatic heterocycles. The zero-order chi connectivity index (χ0) is 24.4. The van der Waals surface area contributed by atoms with Gasteiger partial charge in [0.25, 0.3) is 5.91 Å². The summed E-state index contributed by atoms with van der Waals surface area (Å²) in [4.78, 5) is 42.0. The molecular weight excluding hydrogens is 444 g/mol. The zero-order valence-corrected chi connectivity index (χ0v) is 19.6. The Kier molecular flexibility index (Phi) is 6.39. The number of benzene rings is 1. The van der Waals surface area contributed by atoms with Crippen LogP contribution in [0.3, 0.4) is 0 Å². The van der Waals surface area contributed by atoms with Crippen molar-refractivity contribution in [3.05, 3.63) is 66.6 Å². The summed E-state index contributed by atoms with van der Waals surface area (Å²) in [6.07, 6.45) is 8.14. The number of primary amides is 1. The molecule has 9 heteroatoms. The number of aromatic nitrogens is 3. The fourth-order valence-electron chi connectivity index (χ4n) is 5.15. The van der Waals surface area contributed by atoms with Crippen LogP contribution in [0.1, 0.15) is 36.0 Å². The quantitative estimate of drug-likeness (QED) is 0.612. The Balaban J connectivity index is 1.35. The van der Waals surface area contributed by atoms with Crippen LogP contribution < -0.4 is 5.73 Å². The highest BCUT2D eigenvalue weighted by Gasteiger charge is 2.35. The van der Waals surface area contributed by atoms with Gasteiger partial charge in [0.15, 0.2) is 5.82 Å². The Morgan fingerprint density at radius 1 is 0.857 bits per heavy atom. The Morgan fingerprint density at radius 3 is 2.26 bits per heavy atom. The van der Waals surface area contributed by atoms with Crippen LogP contribution in [-0.2, 0) is 9.59 Å². The predicted molar refractivity (Wildman–Crippen MR) is 130 cm³/mol. The van der Waals surface area contributed by atoms with Crippen LogP contribution >= 0.6 is 0 Å². The maximum absolute atomic E-state index is 13.7. The summed E-state index contributed by atoms with van der Waals surface area (Å²) in [6.45, 7) is 2.07. The van der Waals surface area contributed by atoms with Gasteiger partial charge in [0, 0.05) is 44.5 Å². The average Bonchev–Trinajstić information content (AvgIpc) is 3.58. The molecule has 1 atom stereocenters. The van der Waals surface area contributed by atoms with E-state index >= 15 is 0 Å². The maximum atomic E-state index is 13.7. The van der Waals surface area contributed by atoms with Gasteiger partial charge in [0.2, 0.25) is 11.8 Å². The van der Waals surface area contributed by atoms with E-state index in [2.05, 4.69) is 5.10 Å². The Bertz CT molecular complexity index is 1200. The van der Waals surface area contributed by atoms with Crippen LogP contribution in [0.25, 0.3) is 11.5 Å². The van der Waals surface area contributed by atoms with E-state index in [9.17, 15) is 14.4 Å². The highest BCUT2D eigenvalue weighted by Crippen LogP contribution is 2.26. The van der Waals surface area contributed by atoms with Crippen LogP contribution in [-0.4, -0.2) is 68.0 Å². The number of hydrogen-bond acceptors (Lipinski definition) is 4. The first kappa shape index (κ1) is 22.9. The molecule has 0 radical (unpaired) electrons. The van der Waals surface area contributed by atoms with E-state index in [0.29, 0.717) is 50.4 Å². The predicted octanol–water partition coefficient (Wildman–Crippen LogP) is 2.24. The molecule has 2 saturated heterocycles. The molecule has 35 heavy (non-hydrogen) atoms. The molecule has 182 valence electrons. The number of nitrogens with two attached hydrogens (primary N) is 1. The number of carbonyl (C=O) groups excluding carboxylic acids is 3. The van der Waals surface area contributed by atoms with E-state index in [1.54, 1.807) is 15.8 Å². The first-order valence-electron chi connectivity index (χ1n) is 12.2. The second-order valence-electron chi connectivity index (χ2n) is 9.31. The van der Waals surface area contributed by atoms with Crippen LogP contribution in [0, 0.1) is 11.8 Å². The molecule has 1 aromatic carbocycles. The second kappa shape index (κ2) is 9.77. The molecule has 0 saturated carbocycles. The van der Waals surface area contributed by atoms with Crippen LogP contribution in [0.4, 0.5) is 0 Å². The van der Waals surface area contributed by atoms with Gasteiger partial charge in [-0.25, -0.2) is 4.68 Å². The van der Waals surface area contributed by atoms with Crippen LogP contribution in [0.2, 0.25) is 0 Å². The summed E-state index contributed by atoms with van der Waals surface area (Å²) in [6, 6.07) is 13.5. The minimum absolute atomic E-state index is 0.0658. The number of para-hydroxylation sites is 1. The molecule has 2 aromatic heterocycles. The van der Waals surface area contributed by atoms with E-state index in [1.807, 2.05) is 64.3 Å². The molecule has 4 heterocycles. The topological polar surface area (TPSA) is 106 Å². The number of rotatable bonds is 5. The van der Waals surface area contributed by atoms with Gasteiger partial charge in [0.05, 0.1) is 17.8 Å². The van der Waals surface area contributed by atoms with Crippen molar-refractivity contribution in [1.82, 2.24) is 24.1 Å². The molecular formula is C26H30N6O3. The van der Waals surface area contributed by atoms with Crippen molar-refractivity contribution in [3.8, 4) is 11.5 Å². The third-order valence-electron chi connectivity index (χ3n) is 7.09. The van der Waals surface area contributed by atoms with Crippen LogP contribution in [0.15, 0.2) is 61.1 Å². The number of nitrogens with zero attached hydrogens (tertiary/aromatic N) is 5. The van der Waals surface area contributed by atoms with Gasteiger partial charge in [-0.15, -0.1) is 0 Å². The SMILES string of the molecule is NC(=O)C1CCN(C(=O)[C@H]2CCCN(C(=O)c3cnn(-c4ccccc4)c3-n3cccc3)C2)CC1. The molecule has 5 rings (SSSR count). The summed E-state index contributed by atoms with van der Waals surface area (Å²) >= 11 is 0. The fourth-order valence-corrected chi connectivity index (χ4v) is 5.15. The molecule has 0 spiro atoms. The van der Waals surface area contributed by atoms with E-state index in [0.717, 1.165) is 18.5 Å². The van der Waals surface area contributed by atoms with Crippen molar-refractivity contribution in [2.24, 2.45) is 17.6 Å². The van der Waals surface area contributed by atoms with Gasteiger partial charge in [0.1, 0.15) is 5.56 Å². The van der Waals surface area contributed by atoms with Crippen molar-refractivity contribution in [2.45, 2.75) is 25.7 Å². The summed E-state index contributed by atoms with van der Waals surface area (Å²) in [5.74, 6) is -0.0696. The third kappa shape index (κ3) is 4.58. The molecule has 0 aliphatic carbocycles.